The number of nitrogens with zero attached hydrogens (tertiary/aromatic N) is 1. The zero-order chi connectivity index (χ0) is 29.2. The number of methoxy groups -OCH3 is 3. The number of piperidine rings is 1. The molecule has 2 atom stereocenters. The Morgan fingerprint density at radius 1 is 0.951 bits per heavy atom. The van der Waals surface area contributed by atoms with Crippen molar-refractivity contribution in [3.63, 3.8) is 0 Å². The van der Waals surface area contributed by atoms with Gasteiger partial charge in [0.25, 0.3) is 0 Å². The Balaban J connectivity index is 1.62. The molecule has 224 valence electrons. The van der Waals surface area contributed by atoms with Gasteiger partial charge < -0.3 is 29.0 Å². The molecule has 41 heavy (non-hydrogen) atoms. The number of aliphatic carboxylic acids is 1. The van der Waals surface area contributed by atoms with E-state index < -0.39 is 17.4 Å². The largest absolute Gasteiger partial charge is 0.493 e. The van der Waals surface area contributed by atoms with Crippen LogP contribution in [0.1, 0.15) is 81.3 Å². The second kappa shape index (κ2) is 14.6. The molecule has 2 aromatic rings. The first-order valence-corrected chi connectivity index (χ1v) is 14.9. The molecule has 1 saturated carbocycles. The van der Waals surface area contributed by atoms with Gasteiger partial charge in [-0.25, -0.2) is 4.79 Å². The van der Waals surface area contributed by atoms with Crippen LogP contribution in [0.4, 0.5) is 0 Å². The maximum atomic E-state index is 14.7. The summed E-state index contributed by atoms with van der Waals surface area (Å²) in [6.07, 6.45) is 8.04. The minimum Gasteiger partial charge on any atom is -0.493 e. The van der Waals surface area contributed by atoms with Crippen molar-refractivity contribution in [1.29, 1.82) is 0 Å². The average Bonchev–Trinajstić information content (AvgIpc) is 3.01. The van der Waals surface area contributed by atoms with Crippen molar-refractivity contribution in [3.8, 4) is 17.2 Å². The number of carbonyl (C=O) groups excluding carboxylic acids is 1. The van der Waals surface area contributed by atoms with Crippen LogP contribution in [0, 0.1) is 5.92 Å². The van der Waals surface area contributed by atoms with Crippen LogP contribution < -0.4 is 14.2 Å². The summed E-state index contributed by atoms with van der Waals surface area (Å²) in [7, 11) is 4.69. The van der Waals surface area contributed by atoms with Gasteiger partial charge in [-0.2, -0.15) is 0 Å². The fourth-order valence-corrected chi connectivity index (χ4v) is 6.71. The molecule has 0 bridgehead atoms. The molecule has 8 nitrogen and oxygen atoms in total. The molecule has 0 spiro atoms. The number of benzene rings is 2. The highest BCUT2D eigenvalue weighted by atomic mass is 16.5. The number of rotatable bonds is 13. The first-order chi connectivity index (χ1) is 19.9. The van der Waals surface area contributed by atoms with E-state index in [1.807, 2.05) is 42.5 Å². The summed E-state index contributed by atoms with van der Waals surface area (Å²) in [5.74, 6) is 0.0431. The topological polar surface area (TPSA) is 94.5 Å². The minimum absolute atomic E-state index is 0.113. The zero-order valence-electron chi connectivity index (χ0n) is 24.7. The maximum absolute atomic E-state index is 14.7. The van der Waals surface area contributed by atoms with E-state index in [0.717, 1.165) is 56.1 Å². The molecule has 8 heteroatoms. The lowest BCUT2D eigenvalue weighted by Gasteiger charge is -2.46. The molecular weight excluding hydrogens is 522 g/mol. The molecule has 1 aliphatic heterocycles. The van der Waals surface area contributed by atoms with Gasteiger partial charge in [0.05, 0.1) is 33.9 Å². The Labute approximate surface area is 243 Å². The fourth-order valence-electron chi connectivity index (χ4n) is 6.71. The molecule has 1 N–H and O–H groups in total. The van der Waals surface area contributed by atoms with Gasteiger partial charge in [-0.3, -0.25) is 4.79 Å². The number of carbonyl (C=O) groups is 2. The lowest BCUT2D eigenvalue weighted by atomic mass is 9.74. The van der Waals surface area contributed by atoms with Gasteiger partial charge >= 0.3 is 5.97 Å². The standard InChI is InChI=1S/C33H45NO7/c1-38-27-21-26(22-28(39-2)30(27)40-3)29(25-15-8-5-9-16-25)31(35)34-19-11-10-17-33(34,32(36)37)18-12-20-41-23-24-13-6-4-7-14-24/h4,6-7,13-14,21-22,25,29H,5,8-12,15-20,23H2,1-3H3,(H,36,37)/t29-,33-/m0/s1. The van der Waals surface area contributed by atoms with E-state index in [4.69, 9.17) is 18.9 Å². The maximum Gasteiger partial charge on any atom is 0.329 e. The summed E-state index contributed by atoms with van der Waals surface area (Å²) in [5, 5.41) is 10.6. The first kappa shape index (κ1) is 30.7. The quantitative estimate of drug-likeness (QED) is 0.288. The van der Waals surface area contributed by atoms with E-state index in [-0.39, 0.29) is 11.8 Å². The molecule has 0 unspecified atom stereocenters. The SMILES string of the molecule is COc1cc([C@@H](C(=O)N2CCCC[C@]2(CCCOCc2ccccc2)C(=O)O)C2CCCCC2)cc(OC)c1OC. The average molecular weight is 568 g/mol. The van der Waals surface area contributed by atoms with Gasteiger partial charge in [0, 0.05) is 13.2 Å². The van der Waals surface area contributed by atoms with Gasteiger partial charge in [-0.05, 0) is 74.1 Å². The second-order valence-electron chi connectivity index (χ2n) is 11.3. The highest BCUT2D eigenvalue weighted by molar-refractivity contribution is 5.91. The first-order valence-electron chi connectivity index (χ1n) is 14.9. The number of hydrogen-bond donors (Lipinski definition) is 1. The van der Waals surface area contributed by atoms with Crippen molar-refractivity contribution >= 4 is 11.9 Å². The predicted octanol–water partition coefficient (Wildman–Crippen LogP) is 6.21. The highest BCUT2D eigenvalue weighted by Gasteiger charge is 2.50. The third kappa shape index (κ3) is 6.97. The molecule has 1 amide bonds. The molecule has 2 aromatic carbocycles. The van der Waals surface area contributed by atoms with Crippen molar-refractivity contribution in [2.24, 2.45) is 5.92 Å². The van der Waals surface area contributed by atoms with E-state index in [9.17, 15) is 14.7 Å². The molecule has 1 aliphatic carbocycles. The summed E-state index contributed by atoms with van der Waals surface area (Å²) in [5.41, 5.74) is 0.613. The van der Waals surface area contributed by atoms with E-state index in [1.165, 1.54) is 0 Å². The fraction of sp³-hybridized carbons (Fsp3) is 0.576. The zero-order valence-corrected chi connectivity index (χ0v) is 24.7. The number of hydrogen-bond acceptors (Lipinski definition) is 6. The van der Waals surface area contributed by atoms with E-state index in [0.29, 0.717) is 56.3 Å². The van der Waals surface area contributed by atoms with Gasteiger partial charge in [-0.15, -0.1) is 0 Å². The Kier molecular flexibility index (Phi) is 10.9. The number of amides is 1. The normalized spacial score (nSPS) is 20.3. The van der Waals surface area contributed by atoms with Gasteiger partial charge in [-0.1, -0.05) is 49.6 Å². The third-order valence-electron chi connectivity index (χ3n) is 8.83. The Hall–Kier alpha value is -3.26. The lowest BCUT2D eigenvalue weighted by molar-refractivity contribution is -0.165. The molecule has 1 saturated heterocycles. The van der Waals surface area contributed by atoms with Gasteiger partial charge in [0.15, 0.2) is 11.5 Å². The number of carboxylic acid groups (broad SMARTS) is 1. The van der Waals surface area contributed by atoms with Crippen LogP contribution >= 0.6 is 0 Å². The number of ether oxygens (including phenoxy) is 4. The van der Waals surface area contributed by atoms with Crippen LogP contribution in [-0.2, 0) is 20.9 Å². The number of carboxylic acids is 1. The highest BCUT2D eigenvalue weighted by Crippen LogP contribution is 2.46. The molecule has 2 aliphatic rings. The summed E-state index contributed by atoms with van der Waals surface area (Å²) >= 11 is 0. The van der Waals surface area contributed by atoms with Crippen molar-refractivity contribution < 1.29 is 33.6 Å². The Morgan fingerprint density at radius 3 is 2.24 bits per heavy atom. The molecule has 0 aromatic heterocycles. The van der Waals surface area contributed by atoms with Crippen LogP contribution in [0.25, 0.3) is 0 Å². The Morgan fingerprint density at radius 2 is 1.63 bits per heavy atom. The number of likely N-dealkylation sites (tertiary alicyclic amines) is 1. The molecule has 4 rings (SSSR count). The van der Waals surface area contributed by atoms with Crippen LogP contribution in [0.15, 0.2) is 42.5 Å². The molecule has 1 heterocycles. The van der Waals surface area contributed by atoms with Crippen molar-refractivity contribution in [3.05, 3.63) is 53.6 Å². The predicted molar refractivity (Wildman–Crippen MR) is 157 cm³/mol. The molecular formula is C33H45NO7. The van der Waals surface area contributed by atoms with Gasteiger partial charge in [0.1, 0.15) is 5.54 Å². The minimum atomic E-state index is -1.25. The lowest BCUT2D eigenvalue weighted by Crippen LogP contribution is -2.61. The smallest absolute Gasteiger partial charge is 0.329 e. The monoisotopic (exact) mass is 567 g/mol. The van der Waals surface area contributed by atoms with Crippen LogP contribution in [0.3, 0.4) is 0 Å². The van der Waals surface area contributed by atoms with Crippen molar-refractivity contribution in [2.45, 2.75) is 82.3 Å². The summed E-state index contributed by atoms with van der Waals surface area (Å²) in [6, 6.07) is 13.7. The van der Waals surface area contributed by atoms with E-state index in [1.54, 1.807) is 26.2 Å². The van der Waals surface area contributed by atoms with Crippen LogP contribution in [0.5, 0.6) is 17.2 Å². The summed E-state index contributed by atoms with van der Waals surface area (Å²) in [6.45, 7) is 1.35. The molecule has 2 fully saturated rings. The van der Waals surface area contributed by atoms with Crippen molar-refractivity contribution in [1.82, 2.24) is 4.90 Å². The molecule has 0 radical (unpaired) electrons. The van der Waals surface area contributed by atoms with Crippen LogP contribution in [-0.4, -0.2) is 61.9 Å². The third-order valence-corrected chi connectivity index (χ3v) is 8.83. The summed E-state index contributed by atoms with van der Waals surface area (Å²) < 4.78 is 22.7. The van der Waals surface area contributed by atoms with Gasteiger partial charge in [0.2, 0.25) is 11.7 Å². The second-order valence-corrected chi connectivity index (χ2v) is 11.3. The van der Waals surface area contributed by atoms with E-state index >= 15 is 0 Å². The Bertz CT molecular complexity index is 1120. The van der Waals surface area contributed by atoms with Crippen molar-refractivity contribution in [2.75, 3.05) is 34.5 Å². The summed E-state index contributed by atoms with van der Waals surface area (Å²) in [4.78, 5) is 29.4. The van der Waals surface area contributed by atoms with Crippen LogP contribution in [0.2, 0.25) is 0 Å². The van der Waals surface area contributed by atoms with E-state index in [2.05, 4.69) is 0 Å².